The first-order valence-electron chi connectivity index (χ1n) is 22.9. The molecule has 1 amide bonds. The summed E-state index contributed by atoms with van der Waals surface area (Å²) in [6.45, 7) is 4.67. The largest absolute Gasteiger partial charge is 0.472 e. The number of likely N-dealkylation sites (N-methyl/N-ethyl adjacent to an activating group) is 1. The van der Waals surface area contributed by atoms with Gasteiger partial charge in [-0.05, 0) is 38.5 Å². The van der Waals surface area contributed by atoms with Crippen molar-refractivity contribution >= 4 is 13.7 Å². The van der Waals surface area contributed by atoms with Crippen LogP contribution in [-0.2, 0) is 18.4 Å². The second kappa shape index (κ2) is 38.2. The molecule has 3 unspecified atom stereocenters. The molecule has 0 aromatic heterocycles. The maximum atomic E-state index is 12.8. The van der Waals surface area contributed by atoms with E-state index in [0.717, 1.165) is 51.4 Å². The summed E-state index contributed by atoms with van der Waals surface area (Å²) in [6.07, 6.45) is 46.7. The van der Waals surface area contributed by atoms with Crippen LogP contribution in [0.25, 0.3) is 0 Å². The van der Waals surface area contributed by atoms with Gasteiger partial charge in [-0.25, -0.2) is 4.57 Å². The van der Waals surface area contributed by atoms with Gasteiger partial charge in [-0.2, -0.15) is 0 Å². The smallest absolute Gasteiger partial charge is 0.387 e. The van der Waals surface area contributed by atoms with E-state index in [0.29, 0.717) is 17.4 Å². The molecule has 55 heavy (non-hydrogen) atoms. The van der Waals surface area contributed by atoms with Gasteiger partial charge in [0.05, 0.1) is 39.9 Å². The van der Waals surface area contributed by atoms with Gasteiger partial charge in [-0.3, -0.25) is 13.8 Å². The SMILES string of the molecule is CC/C=C/CC/C=C/CC/C=C/C(O)C(COP(=O)(O)OCC[N+](C)(C)C)NC(=O)CCCCCCCCCCCCCCCCCCCCCCCCC. The Morgan fingerprint density at radius 3 is 1.44 bits per heavy atom. The van der Waals surface area contributed by atoms with Crippen LogP contribution in [0.15, 0.2) is 36.5 Å². The molecule has 0 aliphatic rings. The van der Waals surface area contributed by atoms with Gasteiger partial charge in [0.25, 0.3) is 0 Å². The van der Waals surface area contributed by atoms with Crippen LogP contribution in [0.1, 0.15) is 200 Å². The van der Waals surface area contributed by atoms with E-state index >= 15 is 0 Å². The number of allylic oxidation sites excluding steroid dienone is 5. The first-order valence-corrected chi connectivity index (χ1v) is 24.4. The minimum absolute atomic E-state index is 0.0543. The van der Waals surface area contributed by atoms with Crippen LogP contribution in [0.3, 0.4) is 0 Å². The van der Waals surface area contributed by atoms with Crippen LogP contribution in [0.4, 0.5) is 0 Å². The van der Waals surface area contributed by atoms with Gasteiger partial charge in [0.15, 0.2) is 0 Å². The number of carbonyl (C=O) groups excluding carboxylic acids is 1. The number of carbonyl (C=O) groups is 1. The Balaban J connectivity index is 4.21. The Hall–Kier alpha value is -1.28. The van der Waals surface area contributed by atoms with Crippen molar-refractivity contribution in [1.29, 1.82) is 0 Å². The van der Waals surface area contributed by atoms with Crippen molar-refractivity contribution in [2.75, 3.05) is 40.9 Å². The van der Waals surface area contributed by atoms with Crippen LogP contribution in [-0.4, -0.2) is 73.4 Å². The highest BCUT2D eigenvalue weighted by atomic mass is 31.2. The number of quaternary nitrogens is 1. The predicted octanol–water partition coefficient (Wildman–Crippen LogP) is 12.7. The summed E-state index contributed by atoms with van der Waals surface area (Å²) in [6, 6.07) is -0.864. The number of amides is 1. The zero-order valence-electron chi connectivity index (χ0n) is 36.7. The fourth-order valence-corrected chi connectivity index (χ4v) is 7.23. The lowest BCUT2D eigenvalue weighted by molar-refractivity contribution is -0.870. The number of phosphoric acid groups is 1. The molecule has 3 atom stereocenters. The first-order chi connectivity index (χ1) is 26.5. The number of nitrogens with one attached hydrogen (secondary N) is 1. The average molecular weight is 798 g/mol. The number of rotatable bonds is 41. The Labute approximate surface area is 340 Å². The van der Waals surface area contributed by atoms with Crippen LogP contribution in [0.5, 0.6) is 0 Å². The number of hydrogen-bond donors (Lipinski definition) is 3. The number of phosphoric ester groups is 1. The molecule has 0 saturated carbocycles. The van der Waals surface area contributed by atoms with Gasteiger partial charge in [0, 0.05) is 6.42 Å². The van der Waals surface area contributed by atoms with Gasteiger partial charge in [-0.15, -0.1) is 0 Å². The molecular weight excluding hydrogens is 707 g/mol. The van der Waals surface area contributed by atoms with Crippen molar-refractivity contribution in [1.82, 2.24) is 5.32 Å². The van der Waals surface area contributed by atoms with E-state index in [9.17, 15) is 19.4 Å². The molecule has 324 valence electrons. The lowest BCUT2D eigenvalue weighted by Crippen LogP contribution is -2.45. The van der Waals surface area contributed by atoms with Gasteiger partial charge in [0.2, 0.25) is 5.91 Å². The van der Waals surface area contributed by atoms with Crippen molar-refractivity contribution < 1.29 is 32.9 Å². The van der Waals surface area contributed by atoms with Gasteiger partial charge < -0.3 is 19.8 Å². The molecule has 8 nitrogen and oxygen atoms in total. The third kappa shape index (κ3) is 40.7. The lowest BCUT2D eigenvalue weighted by Gasteiger charge is -2.25. The molecule has 9 heteroatoms. The van der Waals surface area contributed by atoms with Crippen molar-refractivity contribution in [3.63, 3.8) is 0 Å². The topological polar surface area (TPSA) is 105 Å². The van der Waals surface area contributed by atoms with E-state index in [1.54, 1.807) is 6.08 Å². The Morgan fingerprint density at radius 1 is 0.618 bits per heavy atom. The second-order valence-corrected chi connectivity index (χ2v) is 18.2. The molecule has 0 aromatic carbocycles. The molecule has 0 bridgehead atoms. The minimum Gasteiger partial charge on any atom is -0.387 e. The third-order valence-electron chi connectivity index (χ3n) is 10.1. The summed E-state index contributed by atoms with van der Waals surface area (Å²) in [5, 5.41) is 13.7. The zero-order valence-corrected chi connectivity index (χ0v) is 37.6. The van der Waals surface area contributed by atoms with E-state index in [2.05, 4.69) is 43.5 Å². The van der Waals surface area contributed by atoms with E-state index in [1.807, 2.05) is 27.2 Å². The maximum Gasteiger partial charge on any atom is 0.472 e. The molecule has 0 saturated heterocycles. The summed E-state index contributed by atoms with van der Waals surface area (Å²) >= 11 is 0. The summed E-state index contributed by atoms with van der Waals surface area (Å²) in [4.78, 5) is 23.1. The fourth-order valence-electron chi connectivity index (χ4n) is 6.49. The van der Waals surface area contributed by atoms with Crippen LogP contribution in [0.2, 0.25) is 0 Å². The molecule has 0 heterocycles. The molecule has 0 rings (SSSR count). The molecule has 0 fully saturated rings. The number of unbranched alkanes of at least 4 members (excludes halogenated alkanes) is 24. The Kier molecular flexibility index (Phi) is 37.4. The van der Waals surface area contributed by atoms with Crippen LogP contribution < -0.4 is 5.32 Å². The predicted molar refractivity (Wildman–Crippen MR) is 235 cm³/mol. The normalized spacial score (nSPS) is 14.7. The number of aliphatic hydroxyl groups excluding tert-OH is 1. The summed E-state index contributed by atoms with van der Waals surface area (Å²) in [7, 11) is 1.55. The zero-order chi connectivity index (χ0) is 40.7. The van der Waals surface area contributed by atoms with Crippen molar-refractivity contribution in [3.05, 3.63) is 36.5 Å². The maximum absolute atomic E-state index is 12.8. The first kappa shape index (κ1) is 53.7. The third-order valence-corrected chi connectivity index (χ3v) is 11.1. The molecule has 0 aromatic rings. The molecule has 0 spiro atoms. The van der Waals surface area contributed by atoms with Crippen molar-refractivity contribution in [3.8, 4) is 0 Å². The summed E-state index contributed by atoms with van der Waals surface area (Å²) in [5.41, 5.74) is 0. The van der Waals surface area contributed by atoms with E-state index in [-0.39, 0.29) is 19.1 Å². The monoisotopic (exact) mass is 798 g/mol. The highest BCUT2D eigenvalue weighted by Crippen LogP contribution is 2.43. The van der Waals surface area contributed by atoms with Crippen LogP contribution >= 0.6 is 7.82 Å². The molecular formula is C46H90N2O6P+. The minimum atomic E-state index is -4.34. The number of hydrogen-bond acceptors (Lipinski definition) is 5. The fraction of sp³-hybridized carbons (Fsp3) is 0.848. The highest BCUT2D eigenvalue weighted by Gasteiger charge is 2.27. The number of nitrogens with zero attached hydrogens (tertiary/aromatic N) is 1. The average Bonchev–Trinajstić information content (AvgIpc) is 3.13. The molecule has 0 aliphatic heterocycles. The molecule has 0 aliphatic carbocycles. The summed E-state index contributed by atoms with van der Waals surface area (Å²) in [5.74, 6) is -0.191. The Morgan fingerprint density at radius 2 is 1.02 bits per heavy atom. The molecule has 0 radical (unpaired) electrons. The standard InChI is InChI=1S/C46H89N2O6P/c1-6-8-10-12-14-16-18-19-20-21-22-23-24-25-26-27-28-29-30-32-34-36-38-40-46(50)47-44(43-54-55(51,52)53-42-41-48(3,4)5)45(49)39-37-35-33-31-17-15-13-11-9-7-2/h9,11,17,31,37,39,44-45,49H,6-8,10,12-16,18-30,32-36,38,40-43H2,1-5H3,(H-,47,50,51,52)/p+1/b11-9+,31-17+,39-37+. The lowest BCUT2D eigenvalue weighted by atomic mass is 10.0. The highest BCUT2D eigenvalue weighted by molar-refractivity contribution is 7.47. The van der Waals surface area contributed by atoms with Crippen molar-refractivity contribution in [2.45, 2.75) is 212 Å². The van der Waals surface area contributed by atoms with Crippen molar-refractivity contribution in [2.24, 2.45) is 0 Å². The van der Waals surface area contributed by atoms with Gasteiger partial charge in [0.1, 0.15) is 13.2 Å². The van der Waals surface area contributed by atoms with Crippen LogP contribution in [0, 0.1) is 0 Å². The van der Waals surface area contributed by atoms with E-state index < -0.39 is 20.0 Å². The van der Waals surface area contributed by atoms with E-state index in [1.165, 1.54) is 128 Å². The van der Waals surface area contributed by atoms with E-state index in [4.69, 9.17) is 9.05 Å². The van der Waals surface area contributed by atoms with Gasteiger partial charge in [-0.1, -0.05) is 192 Å². The summed E-state index contributed by atoms with van der Waals surface area (Å²) < 4.78 is 23.5. The number of aliphatic hydroxyl groups is 1. The second-order valence-electron chi connectivity index (χ2n) is 16.7. The quantitative estimate of drug-likeness (QED) is 0.0246. The Bertz CT molecular complexity index is 995. The van der Waals surface area contributed by atoms with Gasteiger partial charge >= 0.3 is 7.82 Å². The molecule has 3 N–H and O–H groups in total.